The number of hydrogen-bond acceptors (Lipinski definition) is 3. The molecule has 17 heavy (non-hydrogen) atoms. The molecule has 1 fully saturated rings. The normalized spacial score (nSPS) is 28.2. The molecule has 92 valence electrons. The number of rotatable bonds is 1. The first-order valence-corrected chi connectivity index (χ1v) is 5.59. The lowest BCUT2D eigenvalue weighted by atomic mass is 9.96. The van der Waals surface area contributed by atoms with Crippen molar-refractivity contribution in [3.05, 3.63) is 44.9 Å². The topological polar surface area (TPSA) is 64.1 Å². The van der Waals surface area contributed by atoms with Crippen LogP contribution >= 0.6 is 0 Å². The number of aryl methyl sites for hydroxylation is 1. The summed E-state index contributed by atoms with van der Waals surface area (Å²) >= 11 is 0. The highest BCUT2D eigenvalue weighted by molar-refractivity contribution is 5.05. The van der Waals surface area contributed by atoms with E-state index in [0.29, 0.717) is 11.3 Å². The molecule has 1 aliphatic rings. The summed E-state index contributed by atoms with van der Waals surface area (Å²) in [7, 11) is 0. The van der Waals surface area contributed by atoms with Gasteiger partial charge < -0.3 is 4.74 Å². The fourth-order valence-electron chi connectivity index (χ4n) is 2.00. The molecule has 1 N–H and O–H groups in total. The first-order chi connectivity index (χ1) is 7.91. The number of allylic oxidation sites excluding steroid dienone is 1. The van der Waals surface area contributed by atoms with Crippen molar-refractivity contribution < 1.29 is 4.74 Å². The van der Waals surface area contributed by atoms with Crippen molar-refractivity contribution in [2.75, 3.05) is 0 Å². The molecule has 1 aliphatic heterocycles. The summed E-state index contributed by atoms with van der Waals surface area (Å²) in [5.74, 6) is 1.02. The molecule has 5 nitrogen and oxygen atoms in total. The Labute approximate surface area is 98.7 Å². The summed E-state index contributed by atoms with van der Waals surface area (Å²) < 4.78 is 7.02. The van der Waals surface area contributed by atoms with Gasteiger partial charge in [-0.3, -0.25) is 14.3 Å². The number of H-pyrrole nitrogens is 1. The maximum absolute atomic E-state index is 11.7. The molecular formula is C12H16N2O3. The third-order valence-electron chi connectivity index (χ3n) is 3.44. The van der Waals surface area contributed by atoms with Gasteiger partial charge in [0.2, 0.25) is 0 Å². The van der Waals surface area contributed by atoms with Crippen molar-refractivity contribution >= 4 is 0 Å². The Bertz CT molecular complexity index is 570. The summed E-state index contributed by atoms with van der Waals surface area (Å²) in [5, 5.41) is 0. The van der Waals surface area contributed by atoms with Crippen molar-refractivity contribution in [2.24, 2.45) is 11.8 Å². The first kappa shape index (κ1) is 11.7. The van der Waals surface area contributed by atoms with Crippen LogP contribution in [-0.4, -0.2) is 9.55 Å². The highest BCUT2D eigenvalue weighted by atomic mass is 16.5. The van der Waals surface area contributed by atoms with Crippen LogP contribution in [0.3, 0.4) is 0 Å². The van der Waals surface area contributed by atoms with Gasteiger partial charge in [0.15, 0.2) is 6.23 Å². The molecule has 0 aromatic carbocycles. The molecule has 2 rings (SSSR count). The van der Waals surface area contributed by atoms with E-state index in [2.05, 4.69) is 11.6 Å². The molecule has 1 saturated heterocycles. The van der Waals surface area contributed by atoms with E-state index < -0.39 is 5.69 Å². The van der Waals surface area contributed by atoms with E-state index in [1.54, 1.807) is 6.92 Å². The van der Waals surface area contributed by atoms with Gasteiger partial charge in [0.25, 0.3) is 5.56 Å². The van der Waals surface area contributed by atoms with Gasteiger partial charge in [-0.25, -0.2) is 4.79 Å². The van der Waals surface area contributed by atoms with Crippen molar-refractivity contribution in [3.8, 4) is 0 Å². The second-order valence-electron chi connectivity index (χ2n) is 4.60. The second-order valence-corrected chi connectivity index (χ2v) is 4.60. The highest BCUT2D eigenvalue weighted by Gasteiger charge is 2.36. The summed E-state index contributed by atoms with van der Waals surface area (Å²) in [6, 6.07) is 0. The van der Waals surface area contributed by atoms with E-state index >= 15 is 0 Å². The van der Waals surface area contributed by atoms with Crippen LogP contribution in [-0.2, 0) is 4.74 Å². The van der Waals surface area contributed by atoms with Crippen LogP contribution in [0.4, 0.5) is 0 Å². The minimum absolute atomic E-state index is 0.144. The Morgan fingerprint density at radius 1 is 1.41 bits per heavy atom. The highest BCUT2D eigenvalue weighted by Crippen LogP contribution is 2.39. The third-order valence-corrected chi connectivity index (χ3v) is 3.44. The molecule has 1 aromatic rings. The predicted octanol–water partition coefficient (Wildman–Crippen LogP) is 1.16. The van der Waals surface area contributed by atoms with Gasteiger partial charge in [-0.1, -0.05) is 20.4 Å². The summed E-state index contributed by atoms with van der Waals surface area (Å²) in [4.78, 5) is 25.3. The molecule has 3 atom stereocenters. The van der Waals surface area contributed by atoms with E-state index in [9.17, 15) is 9.59 Å². The molecule has 0 spiro atoms. The molecule has 0 saturated carbocycles. The third kappa shape index (κ3) is 1.81. The van der Waals surface area contributed by atoms with Gasteiger partial charge in [0.1, 0.15) is 0 Å². The Hall–Kier alpha value is -1.78. The van der Waals surface area contributed by atoms with Crippen molar-refractivity contribution in [2.45, 2.75) is 27.0 Å². The lowest BCUT2D eigenvalue weighted by Gasteiger charge is -2.18. The van der Waals surface area contributed by atoms with Gasteiger partial charge in [0, 0.05) is 23.6 Å². The molecular weight excluding hydrogens is 220 g/mol. The Morgan fingerprint density at radius 2 is 2.06 bits per heavy atom. The molecule has 0 bridgehead atoms. The number of aromatic nitrogens is 2. The van der Waals surface area contributed by atoms with Gasteiger partial charge in [-0.15, -0.1) is 0 Å². The molecule has 0 aliphatic carbocycles. The monoisotopic (exact) mass is 236 g/mol. The molecule has 0 amide bonds. The smallest absolute Gasteiger partial charge is 0.331 e. The zero-order valence-corrected chi connectivity index (χ0v) is 10.2. The maximum Gasteiger partial charge on any atom is 0.331 e. The molecule has 3 unspecified atom stereocenters. The predicted molar refractivity (Wildman–Crippen MR) is 63.6 cm³/mol. The van der Waals surface area contributed by atoms with Crippen LogP contribution in [0.25, 0.3) is 0 Å². The summed E-state index contributed by atoms with van der Waals surface area (Å²) in [6.45, 7) is 9.49. The zero-order chi connectivity index (χ0) is 12.7. The molecule has 1 aromatic heterocycles. The SMILES string of the molecule is C=C1OC(n2cc(C)c(=O)[nH]c2=O)C(C)C1C. The fourth-order valence-corrected chi connectivity index (χ4v) is 2.00. The van der Waals surface area contributed by atoms with Gasteiger partial charge in [-0.05, 0) is 6.92 Å². The standard InChI is InChI=1S/C12H16N2O3/c1-6-5-14(12(16)13-10(6)15)11-8(3)7(2)9(4)17-11/h5,7-8,11H,4H2,1-3H3,(H,13,15,16). The van der Waals surface area contributed by atoms with Crippen LogP contribution in [0.5, 0.6) is 0 Å². The quantitative estimate of drug-likeness (QED) is 0.795. The lowest BCUT2D eigenvalue weighted by Crippen LogP contribution is -2.34. The number of hydrogen-bond donors (Lipinski definition) is 1. The van der Waals surface area contributed by atoms with E-state index in [4.69, 9.17) is 4.74 Å². The average molecular weight is 236 g/mol. The van der Waals surface area contributed by atoms with Crippen LogP contribution in [0.1, 0.15) is 25.6 Å². The average Bonchev–Trinajstić information content (AvgIpc) is 2.51. The molecule has 0 radical (unpaired) electrons. The maximum atomic E-state index is 11.7. The number of nitrogens with one attached hydrogen (secondary N) is 1. The minimum Gasteiger partial charge on any atom is -0.474 e. The second kappa shape index (κ2) is 3.91. The van der Waals surface area contributed by atoms with Crippen LogP contribution in [0.2, 0.25) is 0 Å². The molecule has 5 heteroatoms. The van der Waals surface area contributed by atoms with Crippen molar-refractivity contribution in [1.82, 2.24) is 9.55 Å². The van der Waals surface area contributed by atoms with E-state index in [1.807, 2.05) is 13.8 Å². The first-order valence-electron chi connectivity index (χ1n) is 5.59. The van der Waals surface area contributed by atoms with Crippen molar-refractivity contribution in [3.63, 3.8) is 0 Å². The zero-order valence-electron chi connectivity index (χ0n) is 10.2. The Balaban J connectivity index is 2.49. The Kier molecular flexibility index (Phi) is 2.69. The number of nitrogens with zero attached hydrogens (tertiary/aromatic N) is 1. The molecule has 2 heterocycles. The lowest BCUT2D eigenvalue weighted by molar-refractivity contribution is 0.0657. The fraction of sp³-hybridized carbons (Fsp3) is 0.500. The van der Waals surface area contributed by atoms with E-state index in [1.165, 1.54) is 10.8 Å². The largest absolute Gasteiger partial charge is 0.474 e. The van der Waals surface area contributed by atoms with Crippen LogP contribution in [0, 0.1) is 18.8 Å². The summed E-state index contributed by atoms with van der Waals surface area (Å²) in [5.41, 5.74) is -0.311. The number of ether oxygens (including phenoxy) is 1. The van der Waals surface area contributed by atoms with Gasteiger partial charge in [0.05, 0.1) is 5.76 Å². The summed E-state index contributed by atoms with van der Waals surface area (Å²) in [6.07, 6.45) is 1.15. The van der Waals surface area contributed by atoms with Crippen LogP contribution in [0.15, 0.2) is 28.1 Å². The van der Waals surface area contributed by atoms with Crippen molar-refractivity contribution in [1.29, 1.82) is 0 Å². The van der Waals surface area contributed by atoms with E-state index in [0.717, 1.165) is 0 Å². The van der Waals surface area contributed by atoms with Crippen LogP contribution < -0.4 is 11.2 Å². The minimum atomic E-state index is -0.445. The van der Waals surface area contributed by atoms with Gasteiger partial charge >= 0.3 is 5.69 Å². The Morgan fingerprint density at radius 3 is 2.59 bits per heavy atom. The number of aromatic amines is 1. The van der Waals surface area contributed by atoms with E-state index in [-0.39, 0.29) is 23.6 Å². The van der Waals surface area contributed by atoms with Gasteiger partial charge in [-0.2, -0.15) is 0 Å².